The molecule has 6 heteroatoms. The van der Waals surface area contributed by atoms with Gasteiger partial charge in [-0.05, 0) is 29.0 Å². The summed E-state index contributed by atoms with van der Waals surface area (Å²) in [6, 6.07) is 7.81. The van der Waals surface area contributed by atoms with Crippen LogP contribution in [0.2, 0.25) is 5.02 Å². The second kappa shape index (κ2) is 6.75. The zero-order valence-electron chi connectivity index (χ0n) is 10.2. The Hall–Kier alpha value is -1.07. The minimum Gasteiger partial charge on any atom is -0.229 e. The number of thioether (sulfide) groups is 1. The second-order valence-electron chi connectivity index (χ2n) is 3.89. The van der Waals surface area contributed by atoms with Crippen molar-refractivity contribution in [2.45, 2.75) is 37.0 Å². The molecule has 0 spiro atoms. The SMILES string of the molecule is CCCCn1nnnc1CSc1ccccc1Cl. The van der Waals surface area contributed by atoms with Gasteiger partial charge in [0.25, 0.3) is 0 Å². The molecule has 1 aromatic carbocycles. The van der Waals surface area contributed by atoms with Crippen LogP contribution in [0.4, 0.5) is 0 Å². The zero-order valence-corrected chi connectivity index (χ0v) is 11.8. The fourth-order valence-electron chi connectivity index (χ4n) is 1.51. The van der Waals surface area contributed by atoms with E-state index in [-0.39, 0.29) is 0 Å². The van der Waals surface area contributed by atoms with Gasteiger partial charge in [-0.2, -0.15) is 0 Å². The quantitative estimate of drug-likeness (QED) is 0.762. The number of tetrazole rings is 1. The van der Waals surface area contributed by atoms with E-state index < -0.39 is 0 Å². The van der Waals surface area contributed by atoms with Crippen LogP contribution in [0.5, 0.6) is 0 Å². The largest absolute Gasteiger partial charge is 0.229 e. The molecule has 0 saturated heterocycles. The van der Waals surface area contributed by atoms with Crippen LogP contribution in [-0.2, 0) is 12.3 Å². The third-order valence-corrected chi connectivity index (χ3v) is 4.03. The molecule has 0 radical (unpaired) electrons. The van der Waals surface area contributed by atoms with E-state index in [1.807, 2.05) is 28.9 Å². The topological polar surface area (TPSA) is 43.6 Å². The minimum absolute atomic E-state index is 0.737. The highest BCUT2D eigenvalue weighted by molar-refractivity contribution is 7.98. The minimum atomic E-state index is 0.737. The maximum atomic E-state index is 6.11. The Labute approximate surface area is 116 Å². The molecule has 96 valence electrons. The molecular formula is C12H15ClN4S. The predicted octanol–water partition coefficient (Wildman–Crippen LogP) is 3.42. The monoisotopic (exact) mass is 282 g/mol. The molecule has 0 atom stereocenters. The van der Waals surface area contributed by atoms with E-state index in [0.29, 0.717) is 0 Å². The molecule has 1 aromatic heterocycles. The fraction of sp³-hybridized carbons (Fsp3) is 0.417. The van der Waals surface area contributed by atoms with Gasteiger partial charge < -0.3 is 0 Å². The van der Waals surface area contributed by atoms with E-state index >= 15 is 0 Å². The second-order valence-corrected chi connectivity index (χ2v) is 5.32. The van der Waals surface area contributed by atoms with Crippen molar-refractivity contribution in [2.24, 2.45) is 0 Å². The van der Waals surface area contributed by atoms with Crippen LogP contribution in [0.3, 0.4) is 0 Å². The van der Waals surface area contributed by atoms with E-state index in [1.54, 1.807) is 11.8 Å². The van der Waals surface area contributed by atoms with Crippen molar-refractivity contribution in [1.82, 2.24) is 20.2 Å². The highest BCUT2D eigenvalue weighted by atomic mass is 35.5. The van der Waals surface area contributed by atoms with Gasteiger partial charge in [0.05, 0.1) is 10.8 Å². The number of hydrogen-bond donors (Lipinski definition) is 0. The lowest BCUT2D eigenvalue weighted by Gasteiger charge is -2.04. The first kappa shape index (κ1) is 13.4. The molecule has 2 aromatic rings. The number of aryl methyl sites for hydroxylation is 1. The lowest BCUT2D eigenvalue weighted by Crippen LogP contribution is -2.04. The van der Waals surface area contributed by atoms with Gasteiger partial charge in [-0.15, -0.1) is 16.9 Å². The summed E-state index contributed by atoms with van der Waals surface area (Å²) in [6.45, 7) is 3.03. The Kier molecular flexibility index (Phi) is 5.01. The number of halogens is 1. The Morgan fingerprint density at radius 1 is 1.33 bits per heavy atom. The summed E-state index contributed by atoms with van der Waals surface area (Å²) < 4.78 is 1.87. The summed E-state index contributed by atoms with van der Waals surface area (Å²) in [5.74, 6) is 1.63. The van der Waals surface area contributed by atoms with Crippen molar-refractivity contribution in [3.63, 3.8) is 0 Å². The summed E-state index contributed by atoms with van der Waals surface area (Å²) in [7, 11) is 0. The van der Waals surface area contributed by atoms with E-state index in [9.17, 15) is 0 Å². The van der Waals surface area contributed by atoms with Crippen LogP contribution < -0.4 is 0 Å². The van der Waals surface area contributed by atoms with E-state index in [2.05, 4.69) is 22.4 Å². The van der Waals surface area contributed by atoms with Gasteiger partial charge in [0.15, 0.2) is 5.82 Å². The highest BCUT2D eigenvalue weighted by Crippen LogP contribution is 2.28. The van der Waals surface area contributed by atoms with E-state index in [1.165, 1.54) is 0 Å². The Bertz CT molecular complexity index is 500. The molecule has 0 N–H and O–H groups in total. The summed E-state index contributed by atoms with van der Waals surface area (Å²) in [5, 5.41) is 12.5. The van der Waals surface area contributed by atoms with Crippen molar-refractivity contribution >= 4 is 23.4 Å². The molecule has 0 fully saturated rings. The van der Waals surface area contributed by atoms with Crippen molar-refractivity contribution in [3.8, 4) is 0 Å². The third-order valence-electron chi connectivity index (χ3n) is 2.52. The van der Waals surface area contributed by atoms with Gasteiger partial charge in [0.2, 0.25) is 0 Å². The Balaban J connectivity index is 1.98. The molecule has 0 aliphatic rings. The number of rotatable bonds is 6. The Morgan fingerprint density at radius 3 is 2.94 bits per heavy atom. The summed E-state index contributed by atoms with van der Waals surface area (Å²) >= 11 is 7.77. The van der Waals surface area contributed by atoms with Crippen LogP contribution in [0.15, 0.2) is 29.2 Å². The molecule has 0 unspecified atom stereocenters. The van der Waals surface area contributed by atoms with Crippen LogP contribution in [0.1, 0.15) is 25.6 Å². The van der Waals surface area contributed by atoms with Gasteiger partial charge in [-0.3, -0.25) is 0 Å². The normalized spacial score (nSPS) is 10.8. The first-order valence-corrected chi connectivity index (χ1v) is 7.30. The van der Waals surface area contributed by atoms with Crippen molar-refractivity contribution in [1.29, 1.82) is 0 Å². The van der Waals surface area contributed by atoms with Gasteiger partial charge in [0, 0.05) is 11.4 Å². The summed E-state index contributed by atoms with van der Waals surface area (Å²) in [4.78, 5) is 1.06. The Morgan fingerprint density at radius 2 is 2.17 bits per heavy atom. The van der Waals surface area contributed by atoms with Gasteiger partial charge in [0.1, 0.15) is 0 Å². The van der Waals surface area contributed by atoms with E-state index in [0.717, 1.165) is 40.9 Å². The highest BCUT2D eigenvalue weighted by Gasteiger charge is 2.07. The standard InChI is InChI=1S/C12H15ClN4S/c1-2-3-8-17-12(14-15-16-17)9-18-11-7-5-4-6-10(11)13/h4-7H,2-3,8-9H2,1H3. The smallest absolute Gasteiger partial charge is 0.161 e. The molecule has 0 saturated carbocycles. The number of benzene rings is 1. The number of aromatic nitrogens is 4. The molecule has 1 heterocycles. The van der Waals surface area contributed by atoms with E-state index in [4.69, 9.17) is 11.6 Å². The molecule has 0 aliphatic carbocycles. The molecular weight excluding hydrogens is 268 g/mol. The van der Waals surface area contributed by atoms with Crippen molar-refractivity contribution in [3.05, 3.63) is 35.1 Å². The average Bonchev–Trinajstić information content (AvgIpc) is 2.83. The van der Waals surface area contributed by atoms with Gasteiger partial charge in [-0.25, -0.2) is 4.68 Å². The first-order chi connectivity index (χ1) is 8.81. The third kappa shape index (κ3) is 3.46. The van der Waals surface area contributed by atoms with Crippen LogP contribution in [0, 0.1) is 0 Å². The molecule has 4 nitrogen and oxygen atoms in total. The van der Waals surface area contributed by atoms with Crippen molar-refractivity contribution in [2.75, 3.05) is 0 Å². The summed E-state index contributed by atoms with van der Waals surface area (Å²) in [6.07, 6.45) is 2.23. The zero-order chi connectivity index (χ0) is 12.8. The molecule has 0 bridgehead atoms. The first-order valence-electron chi connectivity index (χ1n) is 5.93. The van der Waals surface area contributed by atoms with Crippen LogP contribution >= 0.6 is 23.4 Å². The van der Waals surface area contributed by atoms with Crippen molar-refractivity contribution < 1.29 is 0 Å². The maximum absolute atomic E-state index is 6.11. The van der Waals surface area contributed by atoms with Crippen LogP contribution in [-0.4, -0.2) is 20.2 Å². The maximum Gasteiger partial charge on any atom is 0.161 e. The average molecular weight is 283 g/mol. The number of hydrogen-bond acceptors (Lipinski definition) is 4. The number of nitrogens with zero attached hydrogens (tertiary/aromatic N) is 4. The molecule has 0 amide bonds. The van der Waals surface area contributed by atoms with Crippen LogP contribution in [0.25, 0.3) is 0 Å². The lowest BCUT2D eigenvalue weighted by atomic mass is 10.3. The molecule has 2 rings (SSSR count). The fourth-order valence-corrected chi connectivity index (χ4v) is 2.68. The van der Waals surface area contributed by atoms with Gasteiger partial charge in [-0.1, -0.05) is 37.1 Å². The number of unbranched alkanes of at least 4 members (excludes halogenated alkanes) is 1. The molecule has 0 aliphatic heterocycles. The predicted molar refractivity (Wildman–Crippen MR) is 73.7 cm³/mol. The van der Waals surface area contributed by atoms with Gasteiger partial charge >= 0.3 is 0 Å². The molecule has 18 heavy (non-hydrogen) atoms. The lowest BCUT2D eigenvalue weighted by molar-refractivity contribution is 0.540. The summed E-state index contributed by atoms with van der Waals surface area (Å²) in [5.41, 5.74) is 0.